The second kappa shape index (κ2) is 10.4. The van der Waals surface area contributed by atoms with E-state index in [9.17, 15) is 0 Å². The monoisotopic (exact) mass is 364 g/mol. The van der Waals surface area contributed by atoms with Crippen molar-refractivity contribution in [1.82, 2.24) is 0 Å². The van der Waals surface area contributed by atoms with E-state index in [1.165, 1.54) is 49.7 Å². The lowest BCUT2D eigenvalue weighted by molar-refractivity contribution is 0.196. The van der Waals surface area contributed by atoms with Crippen LogP contribution in [0.4, 0.5) is 11.4 Å². The Balaban J connectivity index is 0.000000159. The van der Waals surface area contributed by atoms with Gasteiger partial charge in [0.1, 0.15) is 0 Å². The van der Waals surface area contributed by atoms with Crippen molar-refractivity contribution in [2.45, 2.75) is 70.6 Å². The zero-order chi connectivity index (χ0) is 18.9. The Morgan fingerprint density at radius 2 is 0.852 bits per heavy atom. The lowest BCUT2D eigenvalue weighted by atomic mass is 9.73. The van der Waals surface area contributed by atoms with E-state index in [0.717, 1.165) is 29.6 Å². The average Bonchev–Trinajstić information content (AvgIpc) is 2.73. The van der Waals surface area contributed by atoms with Crippen molar-refractivity contribution in [2.24, 2.45) is 11.8 Å². The summed E-state index contributed by atoms with van der Waals surface area (Å²) in [7, 11) is 0. The molecule has 4 N–H and O–H groups in total. The van der Waals surface area contributed by atoms with Crippen LogP contribution in [0.2, 0.25) is 0 Å². The zero-order valence-corrected chi connectivity index (χ0v) is 16.7. The van der Waals surface area contributed by atoms with Crippen LogP contribution >= 0.6 is 0 Å². The topological polar surface area (TPSA) is 52.0 Å². The lowest BCUT2D eigenvalue weighted by Crippen LogP contribution is -2.20. The Labute approximate surface area is 165 Å². The van der Waals surface area contributed by atoms with Crippen molar-refractivity contribution >= 4 is 11.4 Å². The van der Waals surface area contributed by atoms with E-state index in [1.54, 1.807) is 25.7 Å². The summed E-state index contributed by atoms with van der Waals surface area (Å²) in [5.74, 6) is 2.28. The predicted octanol–water partition coefficient (Wildman–Crippen LogP) is 6.59. The van der Waals surface area contributed by atoms with E-state index < -0.39 is 0 Å². The van der Waals surface area contributed by atoms with Crippen LogP contribution < -0.4 is 11.5 Å². The van der Waals surface area contributed by atoms with Crippen molar-refractivity contribution in [3.05, 3.63) is 59.7 Å². The number of nitrogen functional groups attached to an aromatic ring is 2. The van der Waals surface area contributed by atoms with Crippen molar-refractivity contribution < 1.29 is 0 Å². The number of hydrogen-bond donors (Lipinski definition) is 2. The van der Waals surface area contributed by atoms with Gasteiger partial charge < -0.3 is 11.5 Å². The van der Waals surface area contributed by atoms with Gasteiger partial charge in [-0.2, -0.15) is 0 Å². The van der Waals surface area contributed by atoms with Gasteiger partial charge in [0.2, 0.25) is 0 Å². The Hall–Kier alpha value is -1.96. The van der Waals surface area contributed by atoms with E-state index in [-0.39, 0.29) is 0 Å². The minimum absolute atomic E-state index is 0.802. The first kappa shape index (κ1) is 19.8. The smallest absolute Gasteiger partial charge is 0.0314 e. The normalized spacial score (nSPS) is 18.5. The summed E-state index contributed by atoms with van der Waals surface area (Å²) in [5, 5.41) is 0. The zero-order valence-electron chi connectivity index (χ0n) is 16.7. The third kappa shape index (κ3) is 6.61. The summed E-state index contributed by atoms with van der Waals surface area (Å²) < 4.78 is 0. The van der Waals surface area contributed by atoms with Crippen LogP contribution in [0.5, 0.6) is 0 Å². The Kier molecular flexibility index (Phi) is 7.62. The second-order valence-electron chi connectivity index (χ2n) is 8.46. The first-order valence-corrected chi connectivity index (χ1v) is 10.9. The van der Waals surface area contributed by atoms with Crippen LogP contribution in [0.3, 0.4) is 0 Å². The molecule has 2 aliphatic rings. The molecule has 2 saturated carbocycles. The van der Waals surface area contributed by atoms with Gasteiger partial charge in [0, 0.05) is 11.4 Å². The highest BCUT2D eigenvalue weighted by atomic mass is 14.5. The predicted molar refractivity (Wildman–Crippen MR) is 118 cm³/mol. The molecule has 27 heavy (non-hydrogen) atoms. The third-order valence-corrected chi connectivity index (χ3v) is 6.33. The number of hydrogen-bond acceptors (Lipinski definition) is 2. The summed E-state index contributed by atoms with van der Waals surface area (Å²) in [5.41, 5.74) is 15.4. The fourth-order valence-electron chi connectivity index (χ4n) is 4.72. The SMILES string of the molecule is C1CCC(C2CCCCC2)CC1.Nc1ccc(Cc2ccc(N)cc2)cc1. The molecular weight excluding hydrogens is 328 g/mol. The molecule has 0 saturated heterocycles. The molecule has 0 spiro atoms. The highest BCUT2D eigenvalue weighted by molar-refractivity contribution is 5.43. The molecule has 0 aromatic heterocycles. The maximum absolute atomic E-state index is 5.62. The summed E-state index contributed by atoms with van der Waals surface area (Å²) in [6.07, 6.45) is 16.3. The average molecular weight is 365 g/mol. The quantitative estimate of drug-likeness (QED) is 0.604. The molecule has 0 bridgehead atoms. The lowest BCUT2D eigenvalue weighted by Gasteiger charge is -2.32. The van der Waals surface area contributed by atoms with Crippen molar-refractivity contribution in [3.63, 3.8) is 0 Å². The standard InChI is InChI=1S/C13H14N2.C12H22/c14-12-5-1-10(2-6-12)9-11-3-7-13(15)8-4-11;1-3-7-11(8-4-1)12-9-5-2-6-10-12/h1-8H,9,14-15H2;11-12H,1-10H2. The van der Waals surface area contributed by atoms with Crippen molar-refractivity contribution in [1.29, 1.82) is 0 Å². The molecule has 2 fully saturated rings. The van der Waals surface area contributed by atoms with Crippen molar-refractivity contribution in [2.75, 3.05) is 11.5 Å². The van der Waals surface area contributed by atoms with Crippen LogP contribution in [0.15, 0.2) is 48.5 Å². The van der Waals surface area contributed by atoms with E-state index in [0.29, 0.717) is 0 Å². The van der Waals surface area contributed by atoms with Gasteiger partial charge in [-0.05, 0) is 53.6 Å². The number of nitrogens with two attached hydrogens (primary N) is 2. The molecule has 2 heteroatoms. The maximum atomic E-state index is 5.62. The number of benzene rings is 2. The molecule has 0 radical (unpaired) electrons. The molecule has 4 rings (SSSR count). The molecule has 0 aliphatic heterocycles. The van der Waals surface area contributed by atoms with Crippen LogP contribution in [-0.2, 0) is 6.42 Å². The van der Waals surface area contributed by atoms with E-state index in [4.69, 9.17) is 11.5 Å². The van der Waals surface area contributed by atoms with Crippen LogP contribution in [-0.4, -0.2) is 0 Å². The largest absolute Gasteiger partial charge is 0.399 e. The van der Waals surface area contributed by atoms with E-state index in [1.807, 2.05) is 48.5 Å². The van der Waals surface area contributed by atoms with Crippen LogP contribution in [0.25, 0.3) is 0 Å². The van der Waals surface area contributed by atoms with Gasteiger partial charge in [-0.1, -0.05) is 88.5 Å². The summed E-state index contributed by atoms with van der Waals surface area (Å²) in [6, 6.07) is 15.9. The van der Waals surface area contributed by atoms with Gasteiger partial charge >= 0.3 is 0 Å². The molecule has 2 nitrogen and oxygen atoms in total. The molecule has 2 aromatic carbocycles. The Morgan fingerprint density at radius 1 is 0.519 bits per heavy atom. The van der Waals surface area contributed by atoms with Gasteiger partial charge in [0.05, 0.1) is 0 Å². The number of anilines is 2. The highest BCUT2D eigenvalue weighted by Gasteiger charge is 2.24. The third-order valence-electron chi connectivity index (χ3n) is 6.33. The molecule has 0 amide bonds. The molecule has 0 heterocycles. The van der Waals surface area contributed by atoms with Gasteiger partial charge in [-0.15, -0.1) is 0 Å². The molecule has 0 atom stereocenters. The Bertz CT molecular complexity index is 588. The van der Waals surface area contributed by atoms with Gasteiger partial charge in [0.15, 0.2) is 0 Å². The molecule has 146 valence electrons. The summed E-state index contributed by atoms with van der Waals surface area (Å²) in [6.45, 7) is 0. The van der Waals surface area contributed by atoms with Crippen LogP contribution in [0.1, 0.15) is 75.3 Å². The minimum Gasteiger partial charge on any atom is -0.399 e. The summed E-state index contributed by atoms with van der Waals surface area (Å²) in [4.78, 5) is 0. The molecular formula is C25H36N2. The Morgan fingerprint density at radius 3 is 1.19 bits per heavy atom. The second-order valence-corrected chi connectivity index (χ2v) is 8.46. The summed E-state index contributed by atoms with van der Waals surface area (Å²) >= 11 is 0. The fraction of sp³-hybridized carbons (Fsp3) is 0.520. The van der Waals surface area contributed by atoms with E-state index >= 15 is 0 Å². The van der Waals surface area contributed by atoms with Gasteiger partial charge in [-0.25, -0.2) is 0 Å². The van der Waals surface area contributed by atoms with Crippen molar-refractivity contribution in [3.8, 4) is 0 Å². The molecule has 2 aromatic rings. The number of rotatable bonds is 3. The maximum Gasteiger partial charge on any atom is 0.0314 e. The fourth-order valence-corrected chi connectivity index (χ4v) is 4.72. The van der Waals surface area contributed by atoms with Gasteiger partial charge in [0.25, 0.3) is 0 Å². The molecule has 2 aliphatic carbocycles. The van der Waals surface area contributed by atoms with Gasteiger partial charge in [-0.3, -0.25) is 0 Å². The first-order valence-electron chi connectivity index (χ1n) is 10.9. The van der Waals surface area contributed by atoms with Crippen LogP contribution in [0, 0.1) is 11.8 Å². The minimum atomic E-state index is 0.802. The molecule has 0 unspecified atom stereocenters. The van der Waals surface area contributed by atoms with E-state index in [2.05, 4.69) is 0 Å². The first-order chi connectivity index (χ1) is 13.2. The highest BCUT2D eigenvalue weighted by Crippen LogP contribution is 2.37.